The lowest BCUT2D eigenvalue weighted by molar-refractivity contribution is 0.194. The highest BCUT2D eigenvalue weighted by atomic mass is 32.1. The standard InChI is InChI=1S/C9H11N3O2S/c10-8(15)12-7-4-2-1-3-6(7)5-11-9(13)14/h1-4,11H,5H2,(H,13,14)(H3,10,12,15). The predicted molar refractivity (Wildman–Crippen MR) is 61.7 cm³/mol. The van der Waals surface area contributed by atoms with Gasteiger partial charge >= 0.3 is 6.09 Å². The number of carboxylic acid groups (broad SMARTS) is 1. The topological polar surface area (TPSA) is 87.4 Å². The second-order valence-electron chi connectivity index (χ2n) is 2.81. The molecule has 1 aromatic carbocycles. The van der Waals surface area contributed by atoms with E-state index in [1.54, 1.807) is 12.1 Å². The van der Waals surface area contributed by atoms with E-state index in [0.717, 1.165) is 5.56 Å². The number of rotatable bonds is 3. The number of hydrogen-bond donors (Lipinski definition) is 4. The summed E-state index contributed by atoms with van der Waals surface area (Å²) in [4.78, 5) is 10.3. The maximum absolute atomic E-state index is 10.3. The van der Waals surface area contributed by atoms with Crippen LogP contribution in [-0.4, -0.2) is 16.3 Å². The first-order valence-corrected chi connectivity index (χ1v) is 4.61. The van der Waals surface area contributed by atoms with E-state index in [2.05, 4.69) is 10.6 Å². The predicted octanol–water partition coefficient (Wildman–Crippen LogP) is 1.11. The molecule has 1 aromatic rings. The second-order valence-corrected chi connectivity index (χ2v) is 3.24. The minimum atomic E-state index is -1.07. The van der Waals surface area contributed by atoms with Crippen LogP contribution in [0.1, 0.15) is 5.56 Å². The maximum atomic E-state index is 10.3. The Balaban J connectivity index is 2.76. The van der Waals surface area contributed by atoms with Gasteiger partial charge < -0.3 is 21.5 Å². The molecule has 1 rings (SSSR count). The number of anilines is 1. The van der Waals surface area contributed by atoms with Crippen LogP contribution in [-0.2, 0) is 6.54 Å². The minimum Gasteiger partial charge on any atom is -0.465 e. The molecular weight excluding hydrogens is 214 g/mol. The van der Waals surface area contributed by atoms with E-state index in [1.165, 1.54) is 0 Å². The van der Waals surface area contributed by atoms with E-state index in [-0.39, 0.29) is 11.7 Å². The highest BCUT2D eigenvalue weighted by Gasteiger charge is 2.03. The van der Waals surface area contributed by atoms with Crippen molar-refractivity contribution < 1.29 is 9.90 Å². The quantitative estimate of drug-likeness (QED) is 0.579. The Bertz CT molecular complexity index is 381. The largest absolute Gasteiger partial charge is 0.465 e. The number of benzene rings is 1. The van der Waals surface area contributed by atoms with Gasteiger partial charge in [0, 0.05) is 12.2 Å². The SMILES string of the molecule is NC(=S)Nc1ccccc1CNC(=O)O. The van der Waals surface area contributed by atoms with Crippen LogP contribution in [0.3, 0.4) is 0 Å². The summed E-state index contributed by atoms with van der Waals surface area (Å²) in [5.74, 6) is 0. The molecule has 0 saturated carbocycles. The van der Waals surface area contributed by atoms with Gasteiger partial charge in [0.25, 0.3) is 0 Å². The van der Waals surface area contributed by atoms with Gasteiger partial charge in [-0.1, -0.05) is 18.2 Å². The van der Waals surface area contributed by atoms with Gasteiger partial charge in [-0.15, -0.1) is 0 Å². The van der Waals surface area contributed by atoms with Crippen molar-refractivity contribution in [2.75, 3.05) is 5.32 Å². The smallest absolute Gasteiger partial charge is 0.404 e. The van der Waals surface area contributed by atoms with E-state index < -0.39 is 6.09 Å². The molecule has 0 radical (unpaired) electrons. The number of hydrogen-bond acceptors (Lipinski definition) is 2. The lowest BCUT2D eigenvalue weighted by Crippen LogP contribution is -2.23. The first kappa shape index (κ1) is 11.3. The van der Waals surface area contributed by atoms with Crippen LogP contribution >= 0.6 is 12.2 Å². The summed E-state index contributed by atoms with van der Waals surface area (Å²) in [7, 11) is 0. The van der Waals surface area contributed by atoms with Crippen molar-refractivity contribution in [2.45, 2.75) is 6.54 Å². The Kier molecular flexibility index (Phi) is 3.87. The summed E-state index contributed by atoms with van der Waals surface area (Å²) in [6.07, 6.45) is -1.07. The van der Waals surface area contributed by atoms with Gasteiger partial charge in [-0.25, -0.2) is 4.79 Å². The minimum absolute atomic E-state index is 0.151. The molecule has 0 aliphatic rings. The van der Waals surface area contributed by atoms with Gasteiger partial charge in [0.05, 0.1) is 0 Å². The zero-order valence-electron chi connectivity index (χ0n) is 7.86. The van der Waals surface area contributed by atoms with Crippen molar-refractivity contribution in [3.8, 4) is 0 Å². The molecule has 0 aliphatic carbocycles. The van der Waals surface area contributed by atoms with Crippen LogP contribution < -0.4 is 16.4 Å². The molecule has 0 atom stereocenters. The molecule has 0 saturated heterocycles. The van der Waals surface area contributed by atoms with Gasteiger partial charge in [-0.2, -0.15) is 0 Å². The summed E-state index contributed by atoms with van der Waals surface area (Å²) in [5, 5.41) is 13.7. The molecule has 1 amide bonds. The van der Waals surface area contributed by atoms with Gasteiger partial charge in [0.15, 0.2) is 5.11 Å². The molecule has 5 nitrogen and oxygen atoms in total. The van der Waals surface area contributed by atoms with E-state index in [1.807, 2.05) is 12.1 Å². The van der Waals surface area contributed by atoms with Crippen molar-refractivity contribution >= 4 is 29.1 Å². The fourth-order valence-electron chi connectivity index (χ4n) is 1.10. The molecule has 15 heavy (non-hydrogen) atoms. The van der Waals surface area contributed by atoms with Crippen LogP contribution in [0, 0.1) is 0 Å². The molecule has 0 heterocycles. The number of nitrogens with two attached hydrogens (primary N) is 1. The van der Waals surface area contributed by atoms with Crippen LogP contribution in [0.15, 0.2) is 24.3 Å². The third-order valence-electron chi connectivity index (χ3n) is 1.71. The van der Waals surface area contributed by atoms with E-state index >= 15 is 0 Å². The summed E-state index contributed by atoms with van der Waals surface area (Å²) in [6.45, 7) is 0.209. The summed E-state index contributed by atoms with van der Waals surface area (Å²) in [5.41, 5.74) is 6.83. The number of amides is 1. The first-order valence-electron chi connectivity index (χ1n) is 4.20. The van der Waals surface area contributed by atoms with E-state index in [0.29, 0.717) is 5.69 Å². The lowest BCUT2D eigenvalue weighted by Gasteiger charge is -2.10. The molecule has 0 spiro atoms. The van der Waals surface area contributed by atoms with Crippen molar-refractivity contribution in [3.05, 3.63) is 29.8 Å². The highest BCUT2D eigenvalue weighted by Crippen LogP contribution is 2.14. The zero-order chi connectivity index (χ0) is 11.3. The van der Waals surface area contributed by atoms with Crippen LogP contribution in [0.2, 0.25) is 0 Å². The molecule has 80 valence electrons. The summed E-state index contributed by atoms with van der Waals surface area (Å²) >= 11 is 4.70. The monoisotopic (exact) mass is 225 g/mol. The average molecular weight is 225 g/mol. The number of nitrogens with one attached hydrogen (secondary N) is 2. The first-order chi connectivity index (χ1) is 7.09. The molecule has 0 aliphatic heterocycles. The fourth-order valence-corrected chi connectivity index (χ4v) is 1.21. The molecular formula is C9H11N3O2S. The van der Waals surface area contributed by atoms with Crippen molar-refractivity contribution in [3.63, 3.8) is 0 Å². The number of para-hydroxylation sites is 1. The highest BCUT2D eigenvalue weighted by molar-refractivity contribution is 7.80. The number of carbonyl (C=O) groups is 1. The van der Waals surface area contributed by atoms with Gasteiger partial charge in [-0.05, 0) is 23.8 Å². The maximum Gasteiger partial charge on any atom is 0.404 e. The van der Waals surface area contributed by atoms with Crippen LogP contribution in [0.5, 0.6) is 0 Å². The third kappa shape index (κ3) is 3.82. The van der Waals surface area contributed by atoms with Crippen molar-refractivity contribution in [2.24, 2.45) is 5.73 Å². The zero-order valence-corrected chi connectivity index (χ0v) is 8.67. The molecule has 0 unspecified atom stereocenters. The fraction of sp³-hybridized carbons (Fsp3) is 0.111. The van der Waals surface area contributed by atoms with E-state index in [4.69, 9.17) is 23.1 Å². The molecule has 0 aromatic heterocycles. The van der Waals surface area contributed by atoms with E-state index in [9.17, 15) is 4.79 Å². The Morgan fingerprint density at radius 1 is 1.47 bits per heavy atom. The van der Waals surface area contributed by atoms with Gasteiger partial charge in [0.2, 0.25) is 0 Å². The normalized spacial score (nSPS) is 9.33. The van der Waals surface area contributed by atoms with Crippen LogP contribution in [0.4, 0.5) is 10.5 Å². The Morgan fingerprint density at radius 3 is 2.73 bits per heavy atom. The second kappa shape index (κ2) is 5.16. The van der Waals surface area contributed by atoms with Crippen molar-refractivity contribution in [1.82, 2.24) is 5.32 Å². The Morgan fingerprint density at radius 2 is 2.13 bits per heavy atom. The molecule has 5 N–H and O–H groups in total. The lowest BCUT2D eigenvalue weighted by atomic mass is 10.2. The molecule has 0 fully saturated rings. The average Bonchev–Trinajstić information content (AvgIpc) is 2.15. The molecule has 6 heteroatoms. The summed E-state index contributed by atoms with van der Waals surface area (Å²) < 4.78 is 0. The summed E-state index contributed by atoms with van der Waals surface area (Å²) in [6, 6.07) is 7.18. The number of thiocarbonyl (C=S) groups is 1. The third-order valence-corrected chi connectivity index (χ3v) is 1.81. The van der Waals surface area contributed by atoms with Crippen LogP contribution in [0.25, 0.3) is 0 Å². The molecule has 0 bridgehead atoms. The van der Waals surface area contributed by atoms with Crippen molar-refractivity contribution in [1.29, 1.82) is 0 Å². The van der Waals surface area contributed by atoms with Gasteiger partial charge in [0.1, 0.15) is 0 Å². The van der Waals surface area contributed by atoms with Gasteiger partial charge in [-0.3, -0.25) is 0 Å². The Hall–Kier alpha value is -1.82. The Labute approximate surface area is 92.3 Å².